The van der Waals surface area contributed by atoms with Gasteiger partial charge in [0.05, 0.1) is 11.9 Å². The van der Waals surface area contributed by atoms with E-state index in [2.05, 4.69) is 12.2 Å². The summed E-state index contributed by atoms with van der Waals surface area (Å²) in [4.78, 5) is 12.0. The first-order valence-corrected chi connectivity index (χ1v) is 9.42. The Hall–Kier alpha value is -1.56. The minimum absolute atomic E-state index is 0.184. The zero-order valence-corrected chi connectivity index (χ0v) is 14.7. The van der Waals surface area contributed by atoms with Crippen LogP contribution in [0.5, 0.6) is 0 Å². The lowest BCUT2D eigenvalue weighted by molar-refractivity contribution is -0.119. The van der Waals surface area contributed by atoms with Gasteiger partial charge in [0.25, 0.3) is 0 Å². The Morgan fingerprint density at radius 2 is 1.77 bits per heavy atom. The summed E-state index contributed by atoms with van der Waals surface area (Å²) in [7, 11) is -3.52. The number of aryl methyl sites for hydroxylation is 2. The molecule has 0 saturated carbocycles. The van der Waals surface area contributed by atoms with Crippen LogP contribution in [0, 0.1) is 13.8 Å². The predicted molar refractivity (Wildman–Crippen MR) is 90.6 cm³/mol. The Kier molecular flexibility index (Phi) is 6.87. The molecule has 1 N–H and O–H groups in total. The van der Waals surface area contributed by atoms with Crippen molar-refractivity contribution < 1.29 is 13.2 Å². The van der Waals surface area contributed by atoms with Crippen LogP contribution in [0.1, 0.15) is 37.3 Å². The molecule has 1 rings (SSSR count). The van der Waals surface area contributed by atoms with Gasteiger partial charge < -0.3 is 5.32 Å². The van der Waals surface area contributed by atoms with E-state index in [4.69, 9.17) is 0 Å². The summed E-state index contributed by atoms with van der Waals surface area (Å²) in [6.45, 7) is 6.18. The molecule has 0 fully saturated rings. The van der Waals surface area contributed by atoms with Crippen molar-refractivity contribution in [2.45, 2.75) is 40.0 Å². The number of rotatable bonds is 8. The van der Waals surface area contributed by atoms with Gasteiger partial charge in [0, 0.05) is 6.54 Å². The number of hydrogen-bond donors (Lipinski definition) is 1. The monoisotopic (exact) mass is 326 g/mol. The van der Waals surface area contributed by atoms with Gasteiger partial charge in [-0.15, -0.1) is 0 Å². The molecule has 0 saturated heterocycles. The fourth-order valence-electron chi connectivity index (χ4n) is 2.35. The summed E-state index contributed by atoms with van der Waals surface area (Å²) in [6, 6.07) is 5.57. The molecule has 0 spiro atoms. The van der Waals surface area contributed by atoms with Crippen molar-refractivity contribution >= 4 is 21.6 Å². The Labute approximate surface area is 133 Å². The highest BCUT2D eigenvalue weighted by molar-refractivity contribution is 7.92. The van der Waals surface area contributed by atoms with Crippen LogP contribution in [0.4, 0.5) is 5.69 Å². The average Bonchev–Trinajstić information content (AvgIpc) is 2.41. The molecule has 124 valence electrons. The lowest BCUT2D eigenvalue weighted by Crippen LogP contribution is -2.41. The van der Waals surface area contributed by atoms with Gasteiger partial charge in [0.1, 0.15) is 6.54 Å². The van der Waals surface area contributed by atoms with E-state index in [1.165, 1.54) is 4.31 Å². The molecule has 0 atom stereocenters. The van der Waals surface area contributed by atoms with Crippen molar-refractivity contribution in [1.82, 2.24) is 5.32 Å². The maximum atomic E-state index is 12.1. The fraction of sp³-hybridized carbons (Fsp3) is 0.562. The van der Waals surface area contributed by atoms with E-state index in [1.54, 1.807) is 0 Å². The van der Waals surface area contributed by atoms with Crippen molar-refractivity contribution in [3.8, 4) is 0 Å². The molecule has 0 bridgehead atoms. The highest BCUT2D eigenvalue weighted by Gasteiger charge is 2.23. The number of nitrogens with zero attached hydrogens (tertiary/aromatic N) is 1. The van der Waals surface area contributed by atoms with Gasteiger partial charge in [0.2, 0.25) is 15.9 Å². The van der Waals surface area contributed by atoms with Crippen LogP contribution in [0.3, 0.4) is 0 Å². The van der Waals surface area contributed by atoms with E-state index in [0.717, 1.165) is 36.6 Å². The number of amides is 1. The predicted octanol–water partition coefficient (Wildman–Crippen LogP) is 2.38. The SMILES string of the molecule is CCCCCNC(=O)CN(c1c(C)cccc1C)S(C)(=O)=O. The first kappa shape index (κ1) is 18.5. The zero-order valence-electron chi connectivity index (χ0n) is 13.8. The van der Waals surface area contributed by atoms with Gasteiger partial charge in [-0.05, 0) is 31.4 Å². The molecule has 0 aliphatic heterocycles. The fourth-order valence-corrected chi connectivity index (χ4v) is 3.32. The largest absolute Gasteiger partial charge is 0.355 e. The summed E-state index contributed by atoms with van der Waals surface area (Å²) >= 11 is 0. The second-order valence-electron chi connectivity index (χ2n) is 5.57. The van der Waals surface area contributed by atoms with Gasteiger partial charge in [0.15, 0.2) is 0 Å². The lowest BCUT2D eigenvalue weighted by Gasteiger charge is -2.25. The quantitative estimate of drug-likeness (QED) is 0.746. The van der Waals surface area contributed by atoms with Crippen LogP contribution in [0.2, 0.25) is 0 Å². The van der Waals surface area contributed by atoms with Gasteiger partial charge >= 0.3 is 0 Å². The van der Waals surface area contributed by atoms with E-state index in [-0.39, 0.29) is 12.5 Å². The maximum absolute atomic E-state index is 12.1. The third-order valence-electron chi connectivity index (χ3n) is 3.48. The second-order valence-corrected chi connectivity index (χ2v) is 7.47. The van der Waals surface area contributed by atoms with Crippen molar-refractivity contribution in [2.75, 3.05) is 23.7 Å². The van der Waals surface area contributed by atoms with Crippen molar-refractivity contribution in [3.05, 3.63) is 29.3 Å². The summed E-state index contributed by atoms with van der Waals surface area (Å²) in [5.74, 6) is -0.274. The molecular formula is C16H26N2O3S. The molecule has 1 aromatic carbocycles. The number of carbonyl (C=O) groups is 1. The summed E-state index contributed by atoms with van der Waals surface area (Å²) < 4.78 is 25.4. The first-order chi connectivity index (χ1) is 10.3. The third kappa shape index (κ3) is 5.33. The Morgan fingerprint density at radius 1 is 1.18 bits per heavy atom. The summed E-state index contributed by atoms with van der Waals surface area (Å²) in [6.07, 6.45) is 4.16. The highest BCUT2D eigenvalue weighted by Crippen LogP contribution is 2.26. The molecule has 5 nitrogen and oxygen atoms in total. The maximum Gasteiger partial charge on any atom is 0.240 e. The number of para-hydroxylation sites is 1. The van der Waals surface area contributed by atoms with Gasteiger partial charge in [-0.3, -0.25) is 9.10 Å². The number of unbranched alkanes of at least 4 members (excludes halogenated alkanes) is 2. The third-order valence-corrected chi connectivity index (χ3v) is 4.59. The Morgan fingerprint density at radius 3 is 2.27 bits per heavy atom. The van der Waals surface area contributed by atoms with Gasteiger partial charge in [-0.1, -0.05) is 38.0 Å². The second kappa shape index (κ2) is 8.17. The lowest BCUT2D eigenvalue weighted by atomic mass is 10.1. The molecule has 0 aliphatic rings. The molecule has 6 heteroatoms. The average molecular weight is 326 g/mol. The van der Waals surface area contributed by atoms with E-state index < -0.39 is 10.0 Å². The van der Waals surface area contributed by atoms with E-state index in [0.29, 0.717) is 12.2 Å². The normalized spacial score (nSPS) is 11.3. The molecule has 22 heavy (non-hydrogen) atoms. The van der Waals surface area contributed by atoms with Crippen LogP contribution in [0.15, 0.2) is 18.2 Å². The smallest absolute Gasteiger partial charge is 0.240 e. The van der Waals surface area contributed by atoms with Crippen LogP contribution < -0.4 is 9.62 Å². The molecule has 1 aromatic rings. The van der Waals surface area contributed by atoms with Gasteiger partial charge in [-0.2, -0.15) is 0 Å². The van der Waals surface area contributed by atoms with Gasteiger partial charge in [-0.25, -0.2) is 8.42 Å². The molecule has 0 aliphatic carbocycles. The highest BCUT2D eigenvalue weighted by atomic mass is 32.2. The summed E-state index contributed by atoms with van der Waals surface area (Å²) in [5.41, 5.74) is 2.27. The molecule has 0 radical (unpaired) electrons. The van der Waals surface area contributed by atoms with Crippen molar-refractivity contribution in [2.24, 2.45) is 0 Å². The van der Waals surface area contributed by atoms with Crippen LogP contribution in [0.25, 0.3) is 0 Å². The van der Waals surface area contributed by atoms with E-state index in [1.807, 2.05) is 32.0 Å². The van der Waals surface area contributed by atoms with Crippen molar-refractivity contribution in [1.29, 1.82) is 0 Å². The van der Waals surface area contributed by atoms with Crippen LogP contribution >= 0.6 is 0 Å². The standard InChI is InChI=1S/C16H26N2O3S/c1-5-6-7-11-17-15(19)12-18(22(4,20)21)16-13(2)9-8-10-14(16)3/h8-10H,5-7,11-12H2,1-4H3,(H,17,19). The van der Waals surface area contributed by atoms with E-state index in [9.17, 15) is 13.2 Å². The number of carbonyl (C=O) groups excluding carboxylic acids is 1. The number of sulfonamides is 1. The first-order valence-electron chi connectivity index (χ1n) is 7.58. The molecule has 0 heterocycles. The van der Waals surface area contributed by atoms with Crippen LogP contribution in [-0.4, -0.2) is 33.7 Å². The molecule has 1 amide bonds. The number of benzene rings is 1. The Balaban J connectivity index is 2.90. The minimum atomic E-state index is -3.52. The number of anilines is 1. The van der Waals surface area contributed by atoms with E-state index >= 15 is 0 Å². The topological polar surface area (TPSA) is 66.5 Å². The molecule has 0 aromatic heterocycles. The van der Waals surface area contributed by atoms with Crippen molar-refractivity contribution in [3.63, 3.8) is 0 Å². The number of nitrogens with one attached hydrogen (secondary N) is 1. The molecule has 0 unspecified atom stereocenters. The zero-order chi connectivity index (χ0) is 16.8. The minimum Gasteiger partial charge on any atom is -0.355 e. The van der Waals surface area contributed by atoms with Crippen LogP contribution in [-0.2, 0) is 14.8 Å². The molecular weight excluding hydrogens is 300 g/mol. The number of hydrogen-bond acceptors (Lipinski definition) is 3. The Bertz CT molecular complexity index is 592. The summed E-state index contributed by atoms with van der Waals surface area (Å²) in [5, 5.41) is 2.78.